The van der Waals surface area contributed by atoms with Gasteiger partial charge in [-0.2, -0.15) is 0 Å². The van der Waals surface area contributed by atoms with Crippen molar-refractivity contribution in [3.05, 3.63) is 0 Å². The highest BCUT2D eigenvalue weighted by atomic mass is 31.2. The van der Waals surface area contributed by atoms with Crippen molar-refractivity contribution >= 4 is 15.9 Å². The number of nitrogens with zero attached hydrogens (tertiary/aromatic N) is 6. The fourth-order valence-corrected chi connectivity index (χ4v) is 8.86. The Bertz CT molecular complexity index is 256. The molecule has 0 radical (unpaired) electrons. The highest BCUT2D eigenvalue weighted by Crippen LogP contribution is 2.68. The average Bonchev–Trinajstić information content (AvgIpc) is 2.15. The molecule has 0 N–H and O–H groups in total. The van der Waals surface area contributed by atoms with Crippen LogP contribution in [0.3, 0.4) is 0 Å². The van der Waals surface area contributed by atoms with Gasteiger partial charge in [0.15, 0.2) is 0 Å². The van der Waals surface area contributed by atoms with Crippen LogP contribution in [0, 0.1) is 0 Å². The molecular formula is C10H30N6P2+2. The second-order valence-electron chi connectivity index (χ2n) is 5.13. The van der Waals surface area contributed by atoms with Gasteiger partial charge in [0.25, 0.3) is 0 Å². The first kappa shape index (κ1) is 18.3. The van der Waals surface area contributed by atoms with E-state index in [-0.39, 0.29) is 0 Å². The van der Waals surface area contributed by atoms with Gasteiger partial charge in [0.1, 0.15) is 4.52 Å². The molecular weight excluding hydrogens is 266 g/mol. The zero-order chi connectivity index (χ0) is 14.7. The maximum absolute atomic E-state index is 5.21. The zero-order valence-corrected chi connectivity index (χ0v) is 15.4. The molecule has 0 aromatic carbocycles. The average molecular weight is 296 g/mol. The second-order valence-corrected chi connectivity index (χ2v) is 11.5. The summed E-state index contributed by atoms with van der Waals surface area (Å²) < 4.78 is 16.3. The monoisotopic (exact) mass is 296 g/mol. The smallest absolute Gasteiger partial charge is 0.130 e. The van der Waals surface area contributed by atoms with E-state index in [1.165, 1.54) is 0 Å². The van der Waals surface area contributed by atoms with Gasteiger partial charge in [-0.25, -0.2) is 0 Å². The van der Waals surface area contributed by atoms with Crippen LogP contribution >= 0.6 is 15.9 Å². The van der Waals surface area contributed by atoms with Crippen molar-refractivity contribution in [2.45, 2.75) is 0 Å². The summed E-state index contributed by atoms with van der Waals surface area (Å²) in [5.74, 6) is 0. The fraction of sp³-hybridized carbons (Fsp3) is 1.00. The molecule has 6 nitrogen and oxygen atoms in total. The summed E-state index contributed by atoms with van der Waals surface area (Å²) >= 11 is 0. The van der Waals surface area contributed by atoms with Gasteiger partial charge in [-0.3, -0.25) is 0 Å². The number of rotatable bonds is 6. The Balaban J connectivity index is 5.79. The van der Waals surface area contributed by atoms with Crippen molar-refractivity contribution in [1.82, 2.24) is 23.4 Å². The number of hydrogen-bond acceptors (Lipinski definition) is 4. The van der Waals surface area contributed by atoms with E-state index < -0.39 is 15.9 Å². The highest BCUT2D eigenvalue weighted by Gasteiger charge is 2.55. The lowest BCUT2D eigenvalue weighted by atomic mass is 11.2. The van der Waals surface area contributed by atoms with Gasteiger partial charge in [-0.1, -0.05) is 9.34 Å². The first-order chi connectivity index (χ1) is 8.07. The van der Waals surface area contributed by atoms with Crippen LogP contribution in [-0.2, 0) is 0 Å². The van der Waals surface area contributed by atoms with Crippen molar-refractivity contribution in [2.75, 3.05) is 70.5 Å². The van der Waals surface area contributed by atoms with E-state index in [2.05, 4.69) is 93.8 Å². The molecule has 18 heavy (non-hydrogen) atoms. The predicted molar refractivity (Wildman–Crippen MR) is 84.7 cm³/mol. The molecule has 0 amide bonds. The maximum Gasteiger partial charge on any atom is 0.444 e. The topological polar surface area (TPSA) is 28.6 Å². The lowest BCUT2D eigenvalue weighted by molar-refractivity contribution is 0.460. The molecule has 0 aliphatic carbocycles. The first-order valence-electron chi connectivity index (χ1n) is 5.87. The van der Waals surface area contributed by atoms with Gasteiger partial charge in [0.2, 0.25) is 0 Å². The Labute approximate surface area is 115 Å². The predicted octanol–water partition coefficient (Wildman–Crippen LogP) is 1.97. The van der Waals surface area contributed by atoms with E-state index in [4.69, 9.17) is 4.52 Å². The maximum atomic E-state index is 5.21. The summed E-state index contributed by atoms with van der Waals surface area (Å²) in [6.45, 7) is 0. The molecule has 0 fully saturated rings. The largest absolute Gasteiger partial charge is 0.444 e. The van der Waals surface area contributed by atoms with Gasteiger partial charge in [0, 0.05) is 70.5 Å². The van der Waals surface area contributed by atoms with E-state index in [1.807, 2.05) is 0 Å². The van der Waals surface area contributed by atoms with Crippen LogP contribution in [0.15, 0.2) is 4.52 Å². The summed E-state index contributed by atoms with van der Waals surface area (Å²) in [4.78, 5) is 0. The van der Waals surface area contributed by atoms with Crippen molar-refractivity contribution in [3.8, 4) is 0 Å². The molecule has 0 aliphatic heterocycles. The molecule has 0 saturated heterocycles. The van der Waals surface area contributed by atoms with Crippen molar-refractivity contribution < 1.29 is 0 Å². The quantitative estimate of drug-likeness (QED) is 0.699. The van der Waals surface area contributed by atoms with Crippen LogP contribution in [0.5, 0.6) is 0 Å². The summed E-state index contributed by atoms with van der Waals surface area (Å²) in [7, 11) is 18.5. The first-order valence-corrected chi connectivity index (χ1v) is 8.67. The lowest BCUT2D eigenvalue weighted by Gasteiger charge is -2.32. The third-order valence-corrected chi connectivity index (χ3v) is 8.78. The summed E-state index contributed by atoms with van der Waals surface area (Å²) in [6.07, 6.45) is 0. The Morgan fingerprint density at radius 1 is 0.611 bits per heavy atom. The highest BCUT2D eigenvalue weighted by molar-refractivity contribution is 7.71. The molecule has 0 saturated carbocycles. The second kappa shape index (κ2) is 7.20. The van der Waals surface area contributed by atoms with Gasteiger partial charge in [-0.05, 0) is 0 Å². The molecule has 8 heteroatoms. The molecule has 0 bridgehead atoms. The van der Waals surface area contributed by atoms with E-state index in [0.717, 1.165) is 0 Å². The molecule has 0 rings (SSSR count). The summed E-state index contributed by atoms with van der Waals surface area (Å²) in [5.41, 5.74) is 0. The standard InChI is InChI=1S/C10H30N6P2/c1-12(2)17(13(3)4)11-18(14(5)6,15(7)8)16(9)10/h1-10H3/q+2. The molecule has 0 heterocycles. The van der Waals surface area contributed by atoms with E-state index in [1.54, 1.807) is 0 Å². The van der Waals surface area contributed by atoms with Gasteiger partial charge in [-0.15, -0.1) is 14.0 Å². The normalized spacial score (nSPS) is 13.3. The molecule has 0 atom stereocenters. The molecule has 0 unspecified atom stereocenters. The Kier molecular flexibility index (Phi) is 7.33. The van der Waals surface area contributed by atoms with Gasteiger partial charge < -0.3 is 0 Å². The summed E-state index contributed by atoms with van der Waals surface area (Å²) in [5, 5.41) is 0. The van der Waals surface area contributed by atoms with E-state index in [0.29, 0.717) is 0 Å². The molecule has 0 aromatic heterocycles. The third-order valence-electron chi connectivity index (χ3n) is 2.53. The van der Waals surface area contributed by atoms with Crippen LogP contribution < -0.4 is 0 Å². The molecule has 108 valence electrons. The van der Waals surface area contributed by atoms with Crippen LogP contribution in [-0.4, -0.2) is 93.8 Å². The van der Waals surface area contributed by atoms with Crippen LogP contribution in [0.4, 0.5) is 0 Å². The summed E-state index contributed by atoms with van der Waals surface area (Å²) in [6, 6.07) is 0. The molecule has 0 aliphatic rings. The minimum absolute atomic E-state index is 0.648. The van der Waals surface area contributed by atoms with Gasteiger partial charge >= 0.3 is 15.9 Å². The lowest BCUT2D eigenvalue weighted by Crippen LogP contribution is -2.34. The van der Waals surface area contributed by atoms with E-state index >= 15 is 0 Å². The zero-order valence-electron chi connectivity index (χ0n) is 13.6. The SMILES string of the molecule is CN(C)[P+](=N[P+](N(C)C)(N(C)C)N(C)C)N(C)C. The number of hydrogen-bond donors (Lipinski definition) is 0. The Hall–Kier alpha value is 0.330. The Morgan fingerprint density at radius 2 is 0.889 bits per heavy atom. The fourth-order valence-electron chi connectivity index (χ4n) is 1.94. The van der Waals surface area contributed by atoms with Crippen LogP contribution in [0.1, 0.15) is 0 Å². The van der Waals surface area contributed by atoms with Crippen LogP contribution in [0.2, 0.25) is 0 Å². The van der Waals surface area contributed by atoms with E-state index in [9.17, 15) is 0 Å². The molecule has 0 aromatic rings. The molecule has 0 spiro atoms. The van der Waals surface area contributed by atoms with Crippen molar-refractivity contribution in [3.63, 3.8) is 0 Å². The van der Waals surface area contributed by atoms with Crippen LogP contribution in [0.25, 0.3) is 0 Å². The third kappa shape index (κ3) is 3.91. The van der Waals surface area contributed by atoms with Gasteiger partial charge in [0.05, 0.1) is 0 Å². The minimum atomic E-state index is -1.81. The Morgan fingerprint density at radius 3 is 1.06 bits per heavy atom. The minimum Gasteiger partial charge on any atom is -0.130 e. The van der Waals surface area contributed by atoms with Crippen molar-refractivity contribution in [1.29, 1.82) is 0 Å². The van der Waals surface area contributed by atoms with Crippen molar-refractivity contribution in [2.24, 2.45) is 4.52 Å².